The Kier molecular flexibility index (Phi) is 7.01. The number of rotatable bonds is 6. The largest absolute Gasteiger partial charge is 0.337 e. The smallest absolute Gasteiger partial charge is 0.253 e. The fourth-order valence-electron chi connectivity index (χ4n) is 3.09. The van der Waals surface area contributed by atoms with Crippen molar-refractivity contribution in [2.75, 3.05) is 45.5 Å². The summed E-state index contributed by atoms with van der Waals surface area (Å²) >= 11 is 0. The van der Waals surface area contributed by atoms with Gasteiger partial charge in [-0.25, -0.2) is 21.1 Å². The SMILES string of the molecule is CCN(CC)S(=O)(=O)c1ccc(C(=O)N2CCCN(S(C)(=O)=O)CC2)cc1. The second kappa shape index (κ2) is 8.68. The van der Waals surface area contributed by atoms with Crippen molar-refractivity contribution in [3.8, 4) is 0 Å². The van der Waals surface area contributed by atoms with E-state index in [0.29, 0.717) is 44.7 Å². The average molecular weight is 418 g/mol. The first kappa shape index (κ1) is 21.8. The Labute approximate surface area is 161 Å². The van der Waals surface area contributed by atoms with Crippen molar-refractivity contribution in [2.24, 2.45) is 0 Å². The van der Waals surface area contributed by atoms with Crippen LogP contribution in [0.3, 0.4) is 0 Å². The van der Waals surface area contributed by atoms with E-state index in [1.165, 1.54) is 39.1 Å². The fraction of sp³-hybridized carbons (Fsp3) is 0.588. The lowest BCUT2D eigenvalue weighted by molar-refractivity contribution is 0.0764. The van der Waals surface area contributed by atoms with Crippen LogP contribution in [-0.2, 0) is 20.0 Å². The number of benzene rings is 1. The molecule has 0 N–H and O–H groups in total. The number of carbonyl (C=O) groups is 1. The molecule has 0 atom stereocenters. The second-order valence-corrected chi connectivity index (χ2v) is 10.3. The first-order valence-electron chi connectivity index (χ1n) is 8.95. The van der Waals surface area contributed by atoms with Crippen LogP contribution in [-0.4, -0.2) is 81.8 Å². The third-order valence-corrected chi connectivity index (χ3v) is 8.02. The van der Waals surface area contributed by atoms with Crippen LogP contribution in [0.15, 0.2) is 29.2 Å². The van der Waals surface area contributed by atoms with Gasteiger partial charge in [-0.05, 0) is 30.7 Å². The highest BCUT2D eigenvalue weighted by Crippen LogP contribution is 2.18. The van der Waals surface area contributed by atoms with Gasteiger partial charge in [0.1, 0.15) is 0 Å². The van der Waals surface area contributed by atoms with Crippen LogP contribution in [0.5, 0.6) is 0 Å². The average Bonchev–Trinajstić information content (AvgIpc) is 2.88. The Morgan fingerprint density at radius 1 is 0.963 bits per heavy atom. The van der Waals surface area contributed by atoms with E-state index >= 15 is 0 Å². The second-order valence-electron chi connectivity index (χ2n) is 6.42. The Bertz CT molecular complexity index is 862. The van der Waals surface area contributed by atoms with Crippen molar-refractivity contribution in [2.45, 2.75) is 25.2 Å². The van der Waals surface area contributed by atoms with Crippen LogP contribution in [0.2, 0.25) is 0 Å². The molecule has 27 heavy (non-hydrogen) atoms. The summed E-state index contributed by atoms with van der Waals surface area (Å²) in [6.07, 6.45) is 1.73. The Hall–Kier alpha value is -1.49. The molecule has 0 unspecified atom stereocenters. The van der Waals surface area contributed by atoms with Gasteiger partial charge in [0.05, 0.1) is 11.2 Å². The third kappa shape index (κ3) is 5.07. The molecule has 1 aromatic rings. The molecule has 8 nitrogen and oxygen atoms in total. The van der Waals surface area contributed by atoms with Crippen molar-refractivity contribution >= 4 is 26.0 Å². The first-order chi connectivity index (χ1) is 12.6. The molecule has 1 aliphatic rings. The number of hydrogen-bond donors (Lipinski definition) is 0. The van der Waals surface area contributed by atoms with E-state index < -0.39 is 20.0 Å². The number of carbonyl (C=O) groups excluding carboxylic acids is 1. The van der Waals surface area contributed by atoms with Gasteiger partial charge in [-0.2, -0.15) is 4.31 Å². The monoisotopic (exact) mass is 417 g/mol. The molecule has 10 heteroatoms. The molecule has 0 radical (unpaired) electrons. The molecule has 0 saturated carbocycles. The summed E-state index contributed by atoms with van der Waals surface area (Å²) in [6, 6.07) is 5.92. The predicted molar refractivity (Wildman–Crippen MR) is 103 cm³/mol. The molecule has 0 aliphatic carbocycles. The zero-order chi connectivity index (χ0) is 20.2. The Morgan fingerprint density at radius 3 is 2.07 bits per heavy atom. The van der Waals surface area contributed by atoms with E-state index in [0.717, 1.165) is 0 Å². The van der Waals surface area contributed by atoms with E-state index in [4.69, 9.17) is 0 Å². The number of sulfonamides is 2. The topological polar surface area (TPSA) is 95.1 Å². The lowest BCUT2D eigenvalue weighted by atomic mass is 10.2. The highest BCUT2D eigenvalue weighted by molar-refractivity contribution is 7.89. The molecule has 1 saturated heterocycles. The lowest BCUT2D eigenvalue weighted by Gasteiger charge is -2.21. The van der Waals surface area contributed by atoms with Gasteiger partial charge in [0.25, 0.3) is 5.91 Å². The van der Waals surface area contributed by atoms with Gasteiger partial charge in [-0.15, -0.1) is 0 Å². The van der Waals surface area contributed by atoms with Crippen molar-refractivity contribution in [1.82, 2.24) is 13.5 Å². The predicted octanol–water partition coefficient (Wildman–Crippen LogP) is 0.825. The standard InChI is InChI=1S/C17H27N3O5S2/c1-4-19(5-2)27(24,25)16-9-7-15(8-10-16)17(21)18-11-6-12-20(14-13-18)26(3,22)23/h7-10H,4-6,11-14H2,1-3H3. The van der Waals surface area contributed by atoms with E-state index in [1.807, 2.05) is 0 Å². The molecule has 0 bridgehead atoms. The summed E-state index contributed by atoms with van der Waals surface area (Å²) in [6.45, 7) is 5.74. The van der Waals surface area contributed by atoms with Gasteiger partial charge in [-0.1, -0.05) is 13.8 Å². The maximum atomic E-state index is 12.7. The molecule has 152 valence electrons. The molecular formula is C17H27N3O5S2. The molecule has 0 spiro atoms. The van der Waals surface area contributed by atoms with Gasteiger partial charge < -0.3 is 4.90 Å². The summed E-state index contributed by atoms with van der Waals surface area (Å²) < 4.78 is 51.1. The highest BCUT2D eigenvalue weighted by atomic mass is 32.2. The minimum absolute atomic E-state index is 0.155. The summed E-state index contributed by atoms with van der Waals surface area (Å²) in [5.41, 5.74) is 0.390. The third-order valence-electron chi connectivity index (χ3n) is 4.66. The minimum Gasteiger partial charge on any atom is -0.337 e. The molecule has 1 fully saturated rings. The number of hydrogen-bond acceptors (Lipinski definition) is 5. The minimum atomic E-state index is -3.56. The summed E-state index contributed by atoms with van der Waals surface area (Å²) in [5, 5.41) is 0. The van der Waals surface area contributed by atoms with Gasteiger partial charge in [0.2, 0.25) is 20.0 Å². The quantitative estimate of drug-likeness (QED) is 0.683. The van der Waals surface area contributed by atoms with Crippen LogP contribution < -0.4 is 0 Å². The van der Waals surface area contributed by atoms with E-state index in [9.17, 15) is 21.6 Å². The zero-order valence-electron chi connectivity index (χ0n) is 16.0. The van der Waals surface area contributed by atoms with Crippen molar-refractivity contribution < 1.29 is 21.6 Å². The Balaban J connectivity index is 2.14. The van der Waals surface area contributed by atoms with Gasteiger partial charge >= 0.3 is 0 Å². The maximum absolute atomic E-state index is 12.7. The molecule has 1 aliphatic heterocycles. The summed E-state index contributed by atoms with van der Waals surface area (Å²) in [4.78, 5) is 14.5. The van der Waals surface area contributed by atoms with Crippen molar-refractivity contribution in [3.63, 3.8) is 0 Å². The van der Waals surface area contributed by atoms with E-state index in [-0.39, 0.29) is 17.3 Å². The van der Waals surface area contributed by atoms with Gasteiger partial charge in [0.15, 0.2) is 0 Å². The number of amides is 1. The van der Waals surface area contributed by atoms with Crippen LogP contribution in [0.4, 0.5) is 0 Å². The number of nitrogens with zero attached hydrogens (tertiary/aromatic N) is 3. The Morgan fingerprint density at radius 2 is 1.56 bits per heavy atom. The van der Waals surface area contributed by atoms with Crippen LogP contribution in [0.25, 0.3) is 0 Å². The first-order valence-corrected chi connectivity index (χ1v) is 12.2. The summed E-state index contributed by atoms with van der Waals surface area (Å²) in [5.74, 6) is -0.225. The molecule has 1 heterocycles. The zero-order valence-corrected chi connectivity index (χ0v) is 17.6. The summed E-state index contributed by atoms with van der Waals surface area (Å²) in [7, 11) is -6.84. The normalized spacial score (nSPS) is 17.1. The fourth-order valence-corrected chi connectivity index (χ4v) is 5.43. The van der Waals surface area contributed by atoms with Gasteiger partial charge in [-0.3, -0.25) is 4.79 Å². The van der Waals surface area contributed by atoms with E-state index in [1.54, 1.807) is 18.7 Å². The van der Waals surface area contributed by atoms with Crippen molar-refractivity contribution in [1.29, 1.82) is 0 Å². The van der Waals surface area contributed by atoms with E-state index in [2.05, 4.69) is 0 Å². The van der Waals surface area contributed by atoms with Crippen LogP contribution in [0.1, 0.15) is 30.6 Å². The molecular weight excluding hydrogens is 390 g/mol. The van der Waals surface area contributed by atoms with Crippen LogP contribution in [0, 0.1) is 0 Å². The van der Waals surface area contributed by atoms with Crippen LogP contribution >= 0.6 is 0 Å². The molecule has 0 aromatic heterocycles. The highest BCUT2D eigenvalue weighted by Gasteiger charge is 2.25. The lowest BCUT2D eigenvalue weighted by Crippen LogP contribution is -2.37. The molecule has 1 amide bonds. The molecule has 1 aromatic carbocycles. The maximum Gasteiger partial charge on any atom is 0.253 e. The molecule has 2 rings (SSSR count). The van der Waals surface area contributed by atoms with Gasteiger partial charge in [0, 0.05) is 44.8 Å². The van der Waals surface area contributed by atoms with Crippen molar-refractivity contribution in [3.05, 3.63) is 29.8 Å².